The molecule has 1 aliphatic heterocycles. The van der Waals surface area contributed by atoms with Crippen molar-refractivity contribution < 1.29 is 9.90 Å². The lowest BCUT2D eigenvalue weighted by Crippen LogP contribution is -2.23. The Morgan fingerprint density at radius 2 is 2.40 bits per heavy atom. The van der Waals surface area contributed by atoms with E-state index in [1.807, 2.05) is 0 Å². The van der Waals surface area contributed by atoms with Crippen LogP contribution in [-0.4, -0.2) is 17.6 Å². The van der Waals surface area contributed by atoms with Crippen molar-refractivity contribution in [2.75, 3.05) is 11.9 Å². The third-order valence-corrected chi connectivity index (χ3v) is 3.53. The number of amides is 1. The van der Waals surface area contributed by atoms with Crippen molar-refractivity contribution in [3.63, 3.8) is 0 Å². The van der Waals surface area contributed by atoms with E-state index >= 15 is 0 Å². The number of aromatic hydroxyl groups is 1. The van der Waals surface area contributed by atoms with Crippen molar-refractivity contribution in [1.29, 1.82) is 0 Å². The van der Waals surface area contributed by atoms with E-state index in [1.54, 1.807) is 18.2 Å². The fourth-order valence-electron chi connectivity index (χ4n) is 2.59. The number of rotatable bonds is 1. The minimum absolute atomic E-state index is 0.0264. The van der Waals surface area contributed by atoms with Crippen LogP contribution in [0.1, 0.15) is 12.0 Å². The highest BCUT2D eigenvalue weighted by Gasteiger charge is 2.63. The first-order valence-electron chi connectivity index (χ1n) is 5.03. The van der Waals surface area contributed by atoms with Crippen LogP contribution in [0.4, 0.5) is 5.69 Å². The maximum atomic E-state index is 11.8. The smallest absolute Gasteiger partial charge is 0.235 e. The normalized spacial score (nSPS) is 31.5. The molecule has 4 nitrogen and oxygen atoms in total. The van der Waals surface area contributed by atoms with Crippen molar-refractivity contribution in [2.24, 2.45) is 11.7 Å². The number of fused-ring (bicyclic) bond motifs is 2. The largest absolute Gasteiger partial charge is 0.508 e. The SMILES string of the molecule is NCC1CC12C(=O)Nc1ccc(O)cc12. The van der Waals surface area contributed by atoms with Crippen molar-refractivity contribution >= 4 is 11.6 Å². The Labute approximate surface area is 87.1 Å². The Balaban J connectivity index is 2.14. The molecule has 1 saturated carbocycles. The van der Waals surface area contributed by atoms with Gasteiger partial charge in [-0.3, -0.25) is 4.79 Å². The number of phenolic OH excluding ortho intramolecular Hbond substituents is 1. The second-order valence-electron chi connectivity index (χ2n) is 4.29. The first-order chi connectivity index (χ1) is 7.18. The number of phenols is 1. The molecule has 1 aliphatic carbocycles. The summed E-state index contributed by atoms with van der Waals surface area (Å²) in [4.78, 5) is 11.8. The van der Waals surface area contributed by atoms with Crippen LogP contribution < -0.4 is 11.1 Å². The van der Waals surface area contributed by atoms with Gasteiger partial charge < -0.3 is 16.2 Å². The van der Waals surface area contributed by atoms with Crippen LogP contribution in [0.3, 0.4) is 0 Å². The summed E-state index contributed by atoms with van der Waals surface area (Å²) in [5, 5.41) is 12.3. The van der Waals surface area contributed by atoms with Crippen LogP contribution in [0.2, 0.25) is 0 Å². The van der Waals surface area contributed by atoms with Gasteiger partial charge in [-0.15, -0.1) is 0 Å². The van der Waals surface area contributed by atoms with Crippen molar-refractivity contribution in [2.45, 2.75) is 11.8 Å². The third-order valence-electron chi connectivity index (χ3n) is 3.53. The van der Waals surface area contributed by atoms with E-state index in [-0.39, 0.29) is 17.6 Å². The molecule has 0 saturated heterocycles. The van der Waals surface area contributed by atoms with E-state index in [9.17, 15) is 9.90 Å². The predicted molar refractivity (Wildman–Crippen MR) is 55.6 cm³/mol. The molecule has 78 valence electrons. The van der Waals surface area contributed by atoms with E-state index in [2.05, 4.69) is 5.32 Å². The molecule has 4 heteroatoms. The monoisotopic (exact) mass is 204 g/mol. The molecule has 1 fully saturated rings. The fourth-order valence-corrected chi connectivity index (χ4v) is 2.59. The summed E-state index contributed by atoms with van der Waals surface area (Å²) in [6.45, 7) is 0.516. The highest BCUT2D eigenvalue weighted by Crippen LogP contribution is 2.59. The molecule has 1 aromatic carbocycles. The lowest BCUT2D eigenvalue weighted by atomic mass is 9.94. The van der Waals surface area contributed by atoms with Gasteiger partial charge in [0.1, 0.15) is 5.75 Å². The molecule has 2 unspecified atom stereocenters. The number of benzene rings is 1. The van der Waals surface area contributed by atoms with Gasteiger partial charge in [-0.25, -0.2) is 0 Å². The quantitative estimate of drug-likeness (QED) is 0.585. The molecule has 3 rings (SSSR count). The lowest BCUT2D eigenvalue weighted by Gasteiger charge is -2.06. The Kier molecular flexibility index (Phi) is 1.47. The average molecular weight is 204 g/mol. The third kappa shape index (κ3) is 0.920. The van der Waals surface area contributed by atoms with Crippen molar-refractivity contribution in [1.82, 2.24) is 0 Å². The van der Waals surface area contributed by atoms with Crippen molar-refractivity contribution in [3.05, 3.63) is 23.8 Å². The molecular weight excluding hydrogens is 192 g/mol. The summed E-state index contributed by atoms with van der Waals surface area (Å²) in [7, 11) is 0. The Morgan fingerprint density at radius 3 is 3.07 bits per heavy atom. The Bertz CT molecular complexity index is 458. The number of anilines is 1. The van der Waals surface area contributed by atoms with Crippen LogP contribution in [-0.2, 0) is 10.2 Å². The van der Waals surface area contributed by atoms with E-state index in [1.165, 1.54) is 0 Å². The lowest BCUT2D eigenvalue weighted by molar-refractivity contribution is -0.118. The average Bonchev–Trinajstić information content (AvgIpc) is 2.89. The Hall–Kier alpha value is -1.55. The fraction of sp³-hybridized carbons (Fsp3) is 0.364. The van der Waals surface area contributed by atoms with Gasteiger partial charge in [0.2, 0.25) is 5.91 Å². The van der Waals surface area contributed by atoms with Gasteiger partial charge in [0.05, 0.1) is 5.41 Å². The second kappa shape index (κ2) is 2.52. The minimum atomic E-state index is -0.442. The van der Waals surface area contributed by atoms with Gasteiger partial charge >= 0.3 is 0 Å². The van der Waals surface area contributed by atoms with Crippen molar-refractivity contribution in [3.8, 4) is 5.75 Å². The molecule has 0 radical (unpaired) electrons. The molecular formula is C11H12N2O2. The molecule has 2 atom stereocenters. The predicted octanol–water partition coefficient (Wildman–Crippen LogP) is 0.561. The molecule has 4 N–H and O–H groups in total. The maximum Gasteiger partial charge on any atom is 0.235 e. The summed E-state index contributed by atoms with van der Waals surface area (Å²) in [5.74, 6) is 0.450. The Morgan fingerprint density at radius 1 is 1.60 bits per heavy atom. The second-order valence-corrected chi connectivity index (χ2v) is 4.29. The van der Waals surface area contributed by atoms with Gasteiger partial charge in [0.25, 0.3) is 0 Å². The van der Waals surface area contributed by atoms with Crippen LogP contribution >= 0.6 is 0 Å². The number of nitrogens with one attached hydrogen (secondary N) is 1. The molecule has 0 aromatic heterocycles. The summed E-state index contributed by atoms with van der Waals surface area (Å²) in [5.41, 5.74) is 6.88. The first kappa shape index (κ1) is 8.73. The van der Waals surface area contributed by atoms with Crippen LogP contribution in [0.25, 0.3) is 0 Å². The van der Waals surface area contributed by atoms with E-state index in [0.717, 1.165) is 17.7 Å². The first-order valence-corrected chi connectivity index (χ1v) is 5.03. The van der Waals surface area contributed by atoms with Gasteiger partial charge in [-0.05, 0) is 42.6 Å². The van der Waals surface area contributed by atoms with Gasteiger partial charge in [-0.1, -0.05) is 0 Å². The van der Waals surface area contributed by atoms with Gasteiger partial charge in [-0.2, -0.15) is 0 Å². The zero-order valence-electron chi connectivity index (χ0n) is 8.16. The van der Waals surface area contributed by atoms with E-state index < -0.39 is 5.41 Å². The molecule has 1 spiro atoms. The summed E-state index contributed by atoms with van der Waals surface area (Å²) in [6, 6.07) is 4.99. The molecule has 2 aliphatic rings. The number of hydrogen-bond acceptors (Lipinski definition) is 3. The number of hydrogen-bond donors (Lipinski definition) is 3. The molecule has 1 amide bonds. The number of nitrogens with two attached hydrogens (primary N) is 1. The molecule has 1 aromatic rings. The highest BCUT2D eigenvalue weighted by atomic mass is 16.3. The minimum Gasteiger partial charge on any atom is -0.508 e. The summed E-state index contributed by atoms with van der Waals surface area (Å²) >= 11 is 0. The van der Waals surface area contributed by atoms with E-state index in [0.29, 0.717) is 6.54 Å². The molecule has 15 heavy (non-hydrogen) atoms. The van der Waals surface area contributed by atoms with Crippen LogP contribution in [0.5, 0.6) is 5.75 Å². The van der Waals surface area contributed by atoms with E-state index in [4.69, 9.17) is 5.73 Å². The zero-order chi connectivity index (χ0) is 10.6. The molecule has 1 heterocycles. The summed E-state index contributed by atoms with van der Waals surface area (Å²) < 4.78 is 0. The topological polar surface area (TPSA) is 75.4 Å². The van der Waals surface area contributed by atoms with Gasteiger partial charge in [0.15, 0.2) is 0 Å². The standard InChI is InChI=1S/C11H12N2O2/c12-5-6-4-11(6)8-3-7(14)1-2-9(8)13-10(11)15/h1-3,6,14H,4-5,12H2,(H,13,15). The number of carbonyl (C=O) groups excluding carboxylic acids is 1. The van der Waals surface area contributed by atoms with Crippen LogP contribution in [0.15, 0.2) is 18.2 Å². The van der Waals surface area contributed by atoms with Crippen LogP contribution in [0, 0.1) is 5.92 Å². The number of carbonyl (C=O) groups is 1. The highest BCUT2D eigenvalue weighted by molar-refractivity contribution is 6.09. The van der Waals surface area contributed by atoms with Gasteiger partial charge in [0, 0.05) is 5.69 Å². The molecule has 0 bridgehead atoms. The maximum absolute atomic E-state index is 11.8. The summed E-state index contributed by atoms with van der Waals surface area (Å²) in [6.07, 6.45) is 0.797. The zero-order valence-corrected chi connectivity index (χ0v) is 8.16.